The Balaban J connectivity index is 2.13. The Bertz CT molecular complexity index is 190. The maximum atomic E-state index is 11.4. The molecule has 0 aromatic heterocycles. The topological polar surface area (TPSA) is 47.6 Å². The van der Waals surface area contributed by atoms with Crippen LogP contribution in [0.5, 0.6) is 0 Å². The highest BCUT2D eigenvalue weighted by molar-refractivity contribution is 5.80. The molecule has 0 saturated heterocycles. The maximum Gasteiger partial charge on any atom is 0.249 e. The van der Waals surface area contributed by atoms with E-state index in [2.05, 4.69) is 5.32 Å². The zero-order valence-electron chi connectivity index (χ0n) is 9.08. The number of hydrogen-bond acceptors (Lipinski definition) is 3. The molecule has 0 heterocycles. The summed E-state index contributed by atoms with van der Waals surface area (Å²) in [5, 5.41) is 2.91. The van der Waals surface area contributed by atoms with Gasteiger partial charge in [-0.25, -0.2) is 0 Å². The van der Waals surface area contributed by atoms with Crippen LogP contribution >= 0.6 is 0 Å². The fraction of sp³-hybridized carbons (Fsp3) is 0.900. The maximum absolute atomic E-state index is 11.4. The summed E-state index contributed by atoms with van der Waals surface area (Å²) in [4.78, 5) is 11.4. The number of amides is 1. The molecule has 0 spiro atoms. The third-order valence-corrected chi connectivity index (χ3v) is 2.57. The number of hydrogen-bond donors (Lipinski definition) is 1. The molecule has 1 saturated carbocycles. The van der Waals surface area contributed by atoms with Gasteiger partial charge in [0.1, 0.15) is 6.10 Å². The molecular formula is C10H19NO3. The van der Waals surface area contributed by atoms with Gasteiger partial charge in [0, 0.05) is 19.8 Å². The zero-order chi connectivity index (χ0) is 10.6. The molecule has 1 N–H and O–H groups in total. The van der Waals surface area contributed by atoms with Crippen molar-refractivity contribution in [3.63, 3.8) is 0 Å². The number of carbonyl (C=O) groups is 1. The van der Waals surface area contributed by atoms with Gasteiger partial charge < -0.3 is 14.8 Å². The van der Waals surface area contributed by atoms with Crippen molar-refractivity contribution in [1.29, 1.82) is 0 Å². The van der Waals surface area contributed by atoms with Crippen LogP contribution in [0.2, 0.25) is 0 Å². The molecule has 1 amide bonds. The number of methoxy groups -OCH3 is 1. The van der Waals surface area contributed by atoms with Gasteiger partial charge in [0.25, 0.3) is 0 Å². The summed E-state index contributed by atoms with van der Waals surface area (Å²) in [6, 6.07) is 0.275. The normalized spacial score (nSPS) is 27.9. The summed E-state index contributed by atoms with van der Waals surface area (Å²) in [5.41, 5.74) is 0. The quantitative estimate of drug-likeness (QED) is 0.712. The Morgan fingerprint density at radius 2 is 2.21 bits per heavy atom. The Morgan fingerprint density at radius 1 is 1.57 bits per heavy atom. The molecule has 82 valence electrons. The van der Waals surface area contributed by atoms with E-state index in [-0.39, 0.29) is 18.1 Å². The van der Waals surface area contributed by atoms with Crippen LogP contribution in [0, 0.1) is 0 Å². The van der Waals surface area contributed by atoms with Gasteiger partial charge in [0.15, 0.2) is 0 Å². The van der Waals surface area contributed by atoms with E-state index in [4.69, 9.17) is 9.47 Å². The van der Waals surface area contributed by atoms with Gasteiger partial charge in [0.2, 0.25) is 5.91 Å². The molecule has 1 aliphatic rings. The lowest BCUT2D eigenvalue weighted by atomic mass is 9.89. The van der Waals surface area contributed by atoms with E-state index < -0.39 is 0 Å². The van der Waals surface area contributed by atoms with Crippen LogP contribution in [-0.2, 0) is 14.3 Å². The molecular weight excluding hydrogens is 182 g/mol. The van der Waals surface area contributed by atoms with E-state index in [0.717, 1.165) is 19.4 Å². The van der Waals surface area contributed by atoms with Gasteiger partial charge in [-0.15, -0.1) is 0 Å². The lowest BCUT2D eigenvalue weighted by Gasteiger charge is -2.35. The Labute approximate surface area is 85.0 Å². The average Bonchev–Trinajstić information content (AvgIpc) is 2.13. The predicted octanol–water partition coefficient (Wildman–Crippen LogP) is 0.705. The molecule has 0 aromatic rings. The number of carbonyl (C=O) groups excluding carboxylic acids is 1. The Kier molecular flexibility index (Phi) is 4.35. The second-order valence-corrected chi connectivity index (χ2v) is 3.63. The van der Waals surface area contributed by atoms with Crippen molar-refractivity contribution in [2.75, 3.05) is 13.7 Å². The summed E-state index contributed by atoms with van der Waals surface area (Å²) in [7, 11) is 1.54. The highest BCUT2D eigenvalue weighted by Crippen LogP contribution is 2.23. The standard InChI is InChI=1S/C10H19NO3/c1-4-14-9-5-8(6-9)11-10(12)7(2)13-3/h7-9H,4-6H2,1-3H3,(H,11,12). The van der Waals surface area contributed by atoms with E-state index in [1.165, 1.54) is 7.11 Å². The largest absolute Gasteiger partial charge is 0.378 e. The number of nitrogens with one attached hydrogen (secondary N) is 1. The summed E-state index contributed by atoms with van der Waals surface area (Å²) < 4.78 is 10.3. The highest BCUT2D eigenvalue weighted by atomic mass is 16.5. The molecule has 1 unspecified atom stereocenters. The third kappa shape index (κ3) is 2.96. The Morgan fingerprint density at radius 3 is 2.71 bits per heavy atom. The third-order valence-electron chi connectivity index (χ3n) is 2.57. The van der Waals surface area contributed by atoms with Crippen molar-refractivity contribution in [3.05, 3.63) is 0 Å². The highest BCUT2D eigenvalue weighted by Gasteiger charge is 2.31. The van der Waals surface area contributed by atoms with E-state index in [9.17, 15) is 4.79 Å². The van der Waals surface area contributed by atoms with Gasteiger partial charge in [-0.05, 0) is 26.7 Å². The molecule has 1 fully saturated rings. The van der Waals surface area contributed by atoms with Crippen molar-refractivity contribution < 1.29 is 14.3 Å². The fourth-order valence-corrected chi connectivity index (χ4v) is 1.48. The second-order valence-electron chi connectivity index (χ2n) is 3.63. The summed E-state index contributed by atoms with van der Waals surface area (Å²) in [6.45, 7) is 4.48. The first-order valence-electron chi connectivity index (χ1n) is 5.12. The molecule has 4 heteroatoms. The summed E-state index contributed by atoms with van der Waals surface area (Å²) in [5.74, 6) is -0.0348. The first kappa shape index (κ1) is 11.5. The predicted molar refractivity (Wildman–Crippen MR) is 53.0 cm³/mol. The molecule has 0 bridgehead atoms. The van der Waals surface area contributed by atoms with Gasteiger partial charge in [-0.2, -0.15) is 0 Å². The zero-order valence-corrected chi connectivity index (χ0v) is 9.08. The van der Waals surface area contributed by atoms with Gasteiger partial charge in [-0.3, -0.25) is 4.79 Å². The van der Waals surface area contributed by atoms with Crippen molar-refractivity contribution in [2.24, 2.45) is 0 Å². The van der Waals surface area contributed by atoms with Gasteiger partial charge in [0.05, 0.1) is 6.10 Å². The van der Waals surface area contributed by atoms with Gasteiger partial charge >= 0.3 is 0 Å². The van der Waals surface area contributed by atoms with Crippen LogP contribution in [0.4, 0.5) is 0 Å². The first-order chi connectivity index (χ1) is 6.67. The molecule has 4 nitrogen and oxygen atoms in total. The van der Waals surface area contributed by atoms with Crippen LogP contribution in [0.15, 0.2) is 0 Å². The van der Waals surface area contributed by atoms with Crippen molar-refractivity contribution in [2.45, 2.75) is 44.9 Å². The van der Waals surface area contributed by atoms with Crippen LogP contribution < -0.4 is 5.32 Å². The minimum absolute atomic E-state index is 0.0348. The van der Waals surface area contributed by atoms with Crippen molar-refractivity contribution >= 4 is 5.91 Å². The Hall–Kier alpha value is -0.610. The number of ether oxygens (including phenoxy) is 2. The molecule has 14 heavy (non-hydrogen) atoms. The monoisotopic (exact) mass is 201 g/mol. The van der Waals surface area contributed by atoms with E-state index in [0.29, 0.717) is 6.10 Å². The summed E-state index contributed by atoms with van der Waals surface area (Å²) >= 11 is 0. The lowest BCUT2D eigenvalue weighted by molar-refractivity contribution is -0.132. The minimum Gasteiger partial charge on any atom is -0.378 e. The van der Waals surface area contributed by atoms with Crippen LogP contribution in [0.1, 0.15) is 26.7 Å². The molecule has 0 aliphatic heterocycles. The van der Waals surface area contributed by atoms with E-state index in [1.807, 2.05) is 6.92 Å². The molecule has 1 atom stereocenters. The smallest absolute Gasteiger partial charge is 0.249 e. The van der Waals surface area contributed by atoms with Crippen LogP contribution in [0.3, 0.4) is 0 Å². The average molecular weight is 201 g/mol. The molecule has 1 rings (SSSR count). The van der Waals surface area contributed by atoms with Crippen molar-refractivity contribution in [3.8, 4) is 0 Å². The van der Waals surface area contributed by atoms with Crippen LogP contribution in [0.25, 0.3) is 0 Å². The van der Waals surface area contributed by atoms with Crippen molar-refractivity contribution in [1.82, 2.24) is 5.32 Å². The minimum atomic E-state index is -0.360. The SMILES string of the molecule is CCOC1CC(NC(=O)C(C)OC)C1. The first-order valence-corrected chi connectivity index (χ1v) is 5.12. The molecule has 1 aliphatic carbocycles. The molecule has 0 radical (unpaired) electrons. The number of rotatable bonds is 5. The summed E-state index contributed by atoms with van der Waals surface area (Å²) in [6.07, 6.45) is 1.83. The fourth-order valence-electron chi connectivity index (χ4n) is 1.48. The van der Waals surface area contributed by atoms with E-state index in [1.54, 1.807) is 6.92 Å². The van der Waals surface area contributed by atoms with E-state index >= 15 is 0 Å². The lowest BCUT2D eigenvalue weighted by Crippen LogP contribution is -2.50. The van der Waals surface area contributed by atoms with Gasteiger partial charge in [-0.1, -0.05) is 0 Å². The van der Waals surface area contributed by atoms with Crippen LogP contribution in [-0.4, -0.2) is 37.9 Å². The molecule has 0 aromatic carbocycles. The second kappa shape index (κ2) is 5.32.